The maximum Gasteiger partial charge on any atom is 0.341 e. The minimum absolute atomic E-state index is 0.0758. The number of amides is 1. The zero-order valence-corrected chi connectivity index (χ0v) is 13.6. The van der Waals surface area contributed by atoms with E-state index < -0.39 is 12.6 Å². The van der Waals surface area contributed by atoms with Gasteiger partial charge in [0.1, 0.15) is 5.75 Å². The van der Waals surface area contributed by atoms with Crippen molar-refractivity contribution in [1.29, 1.82) is 0 Å². The molecular formula is C19H21NO4. The van der Waals surface area contributed by atoms with Crippen molar-refractivity contribution < 1.29 is 19.4 Å². The maximum atomic E-state index is 12.1. The van der Waals surface area contributed by atoms with Gasteiger partial charge < -0.3 is 15.2 Å². The fourth-order valence-electron chi connectivity index (χ4n) is 2.33. The van der Waals surface area contributed by atoms with Gasteiger partial charge in [-0.15, -0.1) is 0 Å². The summed E-state index contributed by atoms with van der Waals surface area (Å²) in [6.07, 6.45) is 1.17. The van der Waals surface area contributed by atoms with Crippen LogP contribution in [0.4, 0.5) is 5.69 Å². The Morgan fingerprint density at radius 1 is 1.12 bits per heavy atom. The molecule has 0 aliphatic heterocycles. The number of ether oxygens (including phenoxy) is 1. The molecule has 2 N–H and O–H groups in total. The van der Waals surface area contributed by atoms with E-state index in [-0.39, 0.29) is 5.91 Å². The zero-order valence-electron chi connectivity index (χ0n) is 13.6. The number of benzene rings is 2. The quantitative estimate of drug-likeness (QED) is 0.775. The van der Waals surface area contributed by atoms with Crippen LogP contribution in [-0.2, 0) is 9.59 Å². The number of carbonyl (C=O) groups excluding carboxylic acids is 1. The standard InChI is InChI=1S/C19H21NO4/c1-14(15-6-3-2-4-7-15)10-11-18(21)20-16-8-5-9-17(12-16)24-13-19(22)23/h2-9,12,14H,10-11,13H2,1H3,(H,20,21)(H,22,23). The second kappa shape index (κ2) is 8.72. The van der Waals surface area contributed by atoms with Gasteiger partial charge in [0.05, 0.1) is 0 Å². The van der Waals surface area contributed by atoms with E-state index in [1.54, 1.807) is 24.3 Å². The lowest BCUT2D eigenvalue weighted by atomic mass is 9.96. The van der Waals surface area contributed by atoms with Crippen LogP contribution in [0, 0.1) is 0 Å². The summed E-state index contributed by atoms with van der Waals surface area (Å²) in [4.78, 5) is 22.6. The van der Waals surface area contributed by atoms with E-state index in [9.17, 15) is 9.59 Å². The van der Waals surface area contributed by atoms with Gasteiger partial charge in [0.25, 0.3) is 0 Å². The van der Waals surface area contributed by atoms with E-state index in [1.807, 2.05) is 18.2 Å². The van der Waals surface area contributed by atoms with E-state index in [2.05, 4.69) is 24.4 Å². The van der Waals surface area contributed by atoms with Crippen LogP contribution in [0.3, 0.4) is 0 Å². The number of nitrogens with one attached hydrogen (secondary N) is 1. The predicted molar refractivity (Wildman–Crippen MR) is 92.3 cm³/mol. The molecule has 2 aromatic carbocycles. The van der Waals surface area contributed by atoms with Gasteiger partial charge in [-0.1, -0.05) is 43.3 Å². The Bertz CT molecular complexity index is 685. The monoisotopic (exact) mass is 327 g/mol. The summed E-state index contributed by atoms with van der Waals surface area (Å²) in [7, 11) is 0. The first-order valence-corrected chi connectivity index (χ1v) is 7.84. The molecule has 0 saturated carbocycles. The minimum atomic E-state index is -1.04. The predicted octanol–water partition coefficient (Wildman–Crippen LogP) is 3.67. The van der Waals surface area contributed by atoms with Gasteiger partial charge in [-0.2, -0.15) is 0 Å². The Hall–Kier alpha value is -2.82. The lowest BCUT2D eigenvalue weighted by Crippen LogP contribution is -2.13. The Morgan fingerprint density at radius 3 is 2.58 bits per heavy atom. The molecule has 0 aliphatic rings. The van der Waals surface area contributed by atoms with Crippen molar-refractivity contribution in [2.45, 2.75) is 25.7 Å². The molecule has 1 amide bonds. The topological polar surface area (TPSA) is 75.6 Å². The molecule has 126 valence electrons. The summed E-state index contributed by atoms with van der Waals surface area (Å²) in [5.74, 6) is -0.400. The highest BCUT2D eigenvalue weighted by Gasteiger charge is 2.09. The summed E-state index contributed by atoms with van der Waals surface area (Å²) >= 11 is 0. The van der Waals surface area contributed by atoms with Gasteiger partial charge in [0.15, 0.2) is 6.61 Å². The molecule has 0 bridgehead atoms. The smallest absolute Gasteiger partial charge is 0.341 e. The fourth-order valence-corrected chi connectivity index (χ4v) is 2.33. The Morgan fingerprint density at radius 2 is 1.88 bits per heavy atom. The zero-order chi connectivity index (χ0) is 17.4. The first-order chi connectivity index (χ1) is 11.5. The SMILES string of the molecule is CC(CCC(=O)Nc1cccc(OCC(=O)O)c1)c1ccccc1. The van der Waals surface area contributed by atoms with Gasteiger partial charge in [0.2, 0.25) is 5.91 Å². The number of anilines is 1. The summed E-state index contributed by atoms with van der Waals surface area (Å²) in [5, 5.41) is 11.4. The molecule has 0 aliphatic carbocycles. The average Bonchev–Trinajstić information content (AvgIpc) is 2.59. The number of aliphatic carboxylic acids is 1. The molecular weight excluding hydrogens is 306 g/mol. The molecule has 24 heavy (non-hydrogen) atoms. The molecule has 2 rings (SSSR count). The Kier molecular flexibility index (Phi) is 6.37. The van der Waals surface area contributed by atoms with Crippen LogP contribution in [0.5, 0.6) is 5.75 Å². The largest absolute Gasteiger partial charge is 0.482 e. The van der Waals surface area contributed by atoms with Gasteiger partial charge in [-0.05, 0) is 30.0 Å². The highest BCUT2D eigenvalue weighted by Crippen LogP contribution is 2.21. The lowest BCUT2D eigenvalue weighted by Gasteiger charge is -2.12. The second-order valence-corrected chi connectivity index (χ2v) is 5.61. The van der Waals surface area contributed by atoms with Crippen molar-refractivity contribution in [1.82, 2.24) is 0 Å². The maximum absolute atomic E-state index is 12.1. The molecule has 0 fully saturated rings. The van der Waals surface area contributed by atoms with E-state index in [0.29, 0.717) is 23.8 Å². The van der Waals surface area contributed by atoms with Crippen LogP contribution < -0.4 is 10.1 Å². The molecule has 0 saturated heterocycles. The van der Waals surface area contributed by atoms with Crippen molar-refractivity contribution in [2.24, 2.45) is 0 Å². The number of carbonyl (C=O) groups is 2. The molecule has 1 unspecified atom stereocenters. The molecule has 2 aromatic rings. The number of carboxylic acid groups (broad SMARTS) is 1. The minimum Gasteiger partial charge on any atom is -0.482 e. The van der Waals surface area contributed by atoms with Crippen molar-refractivity contribution in [3.05, 3.63) is 60.2 Å². The molecule has 5 heteroatoms. The van der Waals surface area contributed by atoms with Gasteiger partial charge in [-0.25, -0.2) is 4.79 Å². The molecule has 0 aromatic heterocycles. The van der Waals surface area contributed by atoms with Crippen molar-refractivity contribution in [3.8, 4) is 5.75 Å². The van der Waals surface area contributed by atoms with Crippen LogP contribution in [0.25, 0.3) is 0 Å². The third kappa shape index (κ3) is 5.76. The lowest BCUT2D eigenvalue weighted by molar-refractivity contribution is -0.139. The average molecular weight is 327 g/mol. The normalized spacial score (nSPS) is 11.5. The molecule has 0 radical (unpaired) electrons. The fraction of sp³-hybridized carbons (Fsp3) is 0.263. The third-order valence-corrected chi connectivity index (χ3v) is 3.65. The molecule has 0 spiro atoms. The highest BCUT2D eigenvalue weighted by atomic mass is 16.5. The van der Waals surface area contributed by atoms with Crippen molar-refractivity contribution in [2.75, 3.05) is 11.9 Å². The van der Waals surface area contributed by atoms with Crippen LogP contribution >= 0.6 is 0 Å². The van der Waals surface area contributed by atoms with E-state index in [1.165, 1.54) is 5.56 Å². The van der Waals surface area contributed by atoms with Crippen LogP contribution in [-0.4, -0.2) is 23.6 Å². The van der Waals surface area contributed by atoms with Gasteiger partial charge in [0, 0.05) is 18.2 Å². The number of carboxylic acids is 1. The van der Waals surface area contributed by atoms with Crippen LogP contribution in [0.15, 0.2) is 54.6 Å². The number of hydrogen-bond donors (Lipinski definition) is 2. The summed E-state index contributed by atoms with van der Waals surface area (Å²) in [6.45, 7) is 1.69. The van der Waals surface area contributed by atoms with E-state index in [4.69, 9.17) is 9.84 Å². The first-order valence-electron chi connectivity index (χ1n) is 7.84. The molecule has 0 heterocycles. The summed E-state index contributed by atoms with van der Waals surface area (Å²) < 4.78 is 5.09. The van der Waals surface area contributed by atoms with Crippen molar-refractivity contribution in [3.63, 3.8) is 0 Å². The van der Waals surface area contributed by atoms with Crippen LogP contribution in [0.2, 0.25) is 0 Å². The molecule has 1 atom stereocenters. The number of hydrogen-bond acceptors (Lipinski definition) is 3. The van der Waals surface area contributed by atoms with E-state index in [0.717, 1.165) is 6.42 Å². The highest BCUT2D eigenvalue weighted by molar-refractivity contribution is 5.90. The van der Waals surface area contributed by atoms with Crippen LogP contribution in [0.1, 0.15) is 31.2 Å². The van der Waals surface area contributed by atoms with Gasteiger partial charge >= 0.3 is 5.97 Å². The first kappa shape index (κ1) is 17.5. The summed E-state index contributed by atoms with van der Waals surface area (Å²) in [5.41, 5.74) is 1.81. The molecule has 5 nitrogen and oxygen atoms in total. The third-order valence-electron chi connectivity index (χ3n) is 3.65. The Labute approximate surface area is 141 Å². The summed E-state index contributed by atoms with van der Waals surface area (Å²) in [6, 6.07) is 16.8. The van der Waals surface area contributed by atoms with E-state index >= 15 is 0 Å². The second-order valence-electron chi connectivity index (χ2n) is 5.61. The number of rotatable bonds is 8. The Balaban J connectivity index is 1.84. The van der Waals surface area contributed by atoms with Gasteiger partial charge in [-0.3, -0.25) is 4.79 Å². The van der Waals surface area contributed by atoms with Crippen molar-refractivity contribution >= 4 is 17.6 Å².